The molecule has 1 aromatic rings. The van der Waals surface area contributed by atoms with E-state index in [4.69, 9.17) is 11.6 Å². The fourth-order valence-corrected chi connectivity index (χ4v) is 2.98. The third-order valence-electron chi connectivity index (χ3n) is 3.86. The molecule has 0 radical (unpaired) electrons. The molecule has 1 saturated carbocycles. The van der Waals surface area contributed by atoms with Crippen molar-refractivity contribution in [2.24, 2.45) is 0 Å². The first-order valence-electron chi connectivity index (χ1n) is 6.27. The van der Waals surface area contributed by atoms with E-state index in [1.54, 1.807) is 19.2 Å². The van der Waals surface area contributed by atoms with E-state index in [0.29, 0.717) is 17.9 Å². The van der Waals surface area contributed by atoms with Crippen molar-refractivity contribution in [2.75, 3.05) is 7.05 Å². The second-order valence-electron chi connectivity index (χ2n) is 4.82. The Balaban J connectivity index is 2.47. The molecule has 1 aliphatic carbocycles. The molecule has 98 valence electrons. The molecular weight excluding hydrogens is 250 g/mol. The van der Waals surface area contributed by atoms with Crippen LogP contribution in [0.15, 0.2) is 24.3 Å². The van der Waals surface area contributed by atoms with Crippen molar-refractivity contribution in [3.05, 3.63) is 34.9 Å². The van der Waals surface area contributed by atoms with Crippen LogP contribution in [-0.4, -0.2) is 24.2 Å². The van der Waals surface area contributed by atoms with E-state index in [0.717, 1.165) is 18.4 Å². The van der Waals surface area contributed by atoms with Gasteiger partial charge >= 0.3 is 0 Å². The molecule has 0 unspecified atom stereocenters. The molecule has 2 rings (SSSR count). The van der Waals surface area contributed by atoms with Gasteiger partial charge in [0.1, 0.15) is 0 Å². The highest BCUT2D eigenvalue weighted by Gasteiger charge is 2.47. The summed E-state index contributed by atoms with van der Waals surface area (Å²) in [6.07, 6.45) is 2.62. The molecule has 0 spiro atoms. The first-order chi connectivity index (χ1) is 8.61. The topological polar surface area (TPSA) is 49.3 Å². The van der Waals surface area contributed by atoms with Crippen molar-refractivity contribution < 1.29 is 9.90 Å². The zero-order valence-corrected chi connectivity index (χ0v) is 11.2. The zero-order valence-electron chi connectivity index (χ0n) is 10.4. The Morgan fingerprint density at radius 1 is 1.39 bits per heavy atom. The van der Waals surface area contributed by atoms with E-state index < -0.39 is 11.5 Å². The van der Waals surface area contributed by atoms with Gasteiger partial charge in [-0.25, -0.2) is 0 Å². The molecule has 0 saturated heterocycles. The van der Waals surface area contributed by atoms with Crippen LogP contribution in [0.25, 0.3) is 0 Å². The van der Waals surface area contributed by atoms with Gasteiger partial charge in [-0.2, -0.15) is 0 Å². The molecule has 1 aliphatic rings. The average Bonchev–Trinajstić information content (AvgIpc) is 2.40. The van der Waals surface area contributed by atoms with Gasteiger partial charge in [0.25, 0.3) is 0 Å². The number of likely N-dealkylation sites (N-methyl/N-ethyl adjacent to an activating group) is 1. The maximum absolute atomic E-state index is 12.3. The van der Waals surface area contributed by atoms with Crippen LogP contribution in [0, 0.1) is 0 Å². The first kappa shape index (κ1) is 13.4. The molecule has 1 aromatic carbocycles. The number of hydrogen-bond donors (Lipinski definition) is 2. The lowest BCUT2D eigenvalue weighted by Crippen LogP contribution is -2.53. The van der Waals surface area contributed by atoms with E-state index in [-0.39, 0.29) is 5.91 Å². The molecule has 2 N–H and O–H groups in total. The van der Waals surface area contributed by atoms with Crippen LogP contribution in [-0.2, 0) is 10.2 Å². The van der Waals surface area contributed by atoms with Crippen LogP contribution in [0.1, 0.15) is 31.2 Å². The minimum atomic E-state index is -0.822. The zero-order chi connectivity index (χ0) is 13.2. The fraction of sp³-hybridized carbons (Fsp3) is 0.500. The van der Waals surface area contributed by atoms with Gasteiger partial charge in [0.2, 0.25) is 5.91 Å². The highest BCUT2D eigenvalue weighted by Crippen LogP contribution is 2.40. The number of hydrogen-bond acceptors (Lipinski definition) is 2. The third-order valence-corrected chi connectivity index (χ3v) is 4.11. The molecule has 1 fully saturated rings. The normalized spacial score (nSPS) is 27.8. The van der Waals surface area contributed by atoms with Crippen LogP contribution < -0.4 is 5.32 Å². The number of aliphatic hydroxyl groups excluding tert-OH is 1. The average molecular weight is 268 g/mol. The molecule has 2 atom stereocenters. The van der Waals surface area contributed by atoms with Crippen LogP contribution in [0.4, 0.5) is 0 Å². The Morgan fingerprint density at radius 2 is 2.06 bits per heavy atom. The third kappa shape index (κ3) is 2.13. The van der Waals surface area contributed by atoms with Crippen molar-refractivity contribution in [3.8, 4) is 0 Å². The molecule has 18 heavy (non-hydrogen) atoms. The van der Waals surface area contributed by atoms with Crippen molar-refractivity contribution in [2.45, 2.75) is 37.2 Å². The van der Waals surface area contributed by atoms with Gasteiger partial charge in [-0.3, -0.25) is 4.79 Å². The Hall–Kier alpha value is -1.06. The molecule has 1 amide bonds. The SMILES string of the molecule is CNC(=O)[C@@]1(c2ccc(Cl)cc2)CCCC[C@H]1O. The van der Waals surface area contributed by atoms with Crippen LogP contribution >= 0.6 is 11.6 Å². The second kappa shape index (κ2) is 5.29. The van der Waals surface area contributed by atoms with Gasteiger partial charge in [-0.05, 0) is 30.5 Å². The van der Waals surface area contributed by atoms with E-state index in [1.165, 1.54) is 0 Å². The number of carbonyl (C=O) groups is 1. The summed E-state index contributed by atoms with van der Waals surface area (Å²) in [5.41, 5.74) is 0.0240. The minimum Gasteiger partial charge on any atom is -0.392 e. The van der Waals surface area contributed by atoms with E-state index in [2.05, 4.69) is 5.32 Å². The molecular formula is C14H18ClNO2. The number of rotatable bonds is 2. The van der Waals surface area contributed by atoms with Gasteiger partial charge < -0.3 is 10.4 Å². The summed E-state index contributed by atoms with van der Waals surface area (Å²) in [6, 6.07) is 7.21. The summed E-state index contributed by atoms with van der Waals surface area (Å²) in [7, 11) is 1.61. The summed E-state index contributed by atoms with van der Waals surface area (Å²) < 4.78 is 0. The monoisotopic (exact) mass is 267 g/mol. The van der Waals surface area contributed by atoms with E-state index in [1.807, 2.05) is 12.1 Å². The molecule has 0 aliphatic heterocycles. The van der Waals surface area contributed by atoms with Crippen molar-refractivity contribution in [1.82, 2.24) is 5.32 Å². The second-order valence-corrected chi connectivity index (χ2v) is 5.26. The Morgan fingerprint density at radius 3 is 2.61 bits per heavy atom. The summed E-state index contributed by atoms with van der Waals surface area (Å²) in [6.45, 7) is 0. The quantitative estimate of drug-likeness (QED) is 0.864. The first-order valence-corrected chi connectivity index (χ1v) is 6.65. The predicted molar refractivity (Wildman–Crippen MR) is 71.7 cm³/mol. The van der Waals surface area contributed by atoms with Gasteiger partial charge in [0.15, 0.2) is 0 Å². The maximum atomic E-state index is 12.3. The lowest BCUT2D eigenvalue weighted by atomic mass is 9.66. The van der Waals surface area contributed by atoms with E-state index in [9.17, 15) is 9.90 Å². The Kier molecular flexibility index (Phi) is 3.93. The van der Waals surface area contributed by atoms with Crippen molar-refractivity contribution >= 4 is 17.5 Å². The van der Waals surface area contributed by atoms with Gasteiger partial charge in [-0.1, -0.05) is 36.6 Å². The number of carbonyl (C=O) groups excluding carboxylic acids is 1. The maximum Gasteiger partial charge on any atom is 0.233 e. The summed E-state index contributed by atoms with van der Waals surface area (Å²) in [4.78, 5) is 12.3. The Labute approximate surface area is 112 Å². The van der Waals surface area contributed by atoms with Crippen LogP contribution in [0.5, 0.6) is 0 Å². The van der Waals surface area contributed by atoms with Gasteiger partial charge in [-0.15, -0.1) is 0 Å². The Bertz CT molecular complexity index is 432. The van der Waals surface area contributed by atoms with Crippen molar-refractivity contribution in [1.29, 1.82) is 0 Å². The van der Waals surface area contributed by atoms with Gasteiger partial charge in [0, 0.05) is 12.1 Å². The van der Waals surface area contributed by atoms with Gasteiger partial charge in [0.05, 0.1) is 11.5 Å². The molecule has 0 heterocycles. The minimum absolute atomic E-state index is 0.114. The van der Waals surface area contributed by atoms with E-state index >= 15 is 0 Å². The number of aliphatic hydroxyl groups is 1. The van der Waals surface area contributed by atoms with Crippen LogP contribution in [0.3, 0.4) is 0 Å². The van der Waals surface area contributed by atoms with Crippen molar-refractivity contribution in [3.63, 3.8) is 0 Å². The number of halogens is 1. The summed E-state index contributed by atoms with van der Waals surface area (Å²) in [5.74, 6) is -0.114. The standard InChI is InChI=1S/C14H18ClNO2/c1-16-13(18)14(9-3-2-4-12(14)17)10-5-7-11(15)8-6-10/h5-8,12,17H,2-4,9H2,1H3,(H,16,18)/t12-,14-/m1/s1. The summed E-state index contributed by atoms with van der Waals surface area (Å²) >= 11 is 5.88. The van der Waals surface area contributed by atoms with Crippen LogP contribution in [0.2, 0.25) is 5.02 Å². The molecule has 4 heteroatoms. The summed E-state index contributed by atoms with van der Waals surface area (Å²) in [5, 5.41) is 13.7. The lowest BCUT2D eigenvalue weighted by molar-refractivity contribution is -0.132. The predicted octanol–water partition coefficient (Wildman–Crippen LogP) is 2.26. The lowest BCUT2D eigenvalue weighted by Gasteiger charge is -2.40. The number of nitrogens with one attached hydrogen (secondary N) is 1. The number of amides is 1. The molecule has 0 aromatic heterocycles. The number of benzene rings is 1. The molecule has 0 bridgehead atoms. The largest absolute Gasteiger partial charge is 0.392 e. The fourth-order valence-electron chi connectivity index (χ4n) is 2.86. The smallest absolute Gasteiger partial charge is 0.233 e. The highest BCUT2D eigenvalue weighted by atomic mass is 35.5. The highest BCUT2D eigenvalue weighted by molar-refractivity contribution is 6.30. The molecule has 3 nitrogen and oxygen atoms in total.